The highest BCUT2D eigenvalue weighted by atomic mass is 32.2. The molecule has 2 amide bonds. The molecule has 0 unspecified atom stereocenters. The van der Waals surface area contributed by atoms with E-state index in [1.54, 1.807) is 55.3 Å². The van der Waals surface area contributed by atoms with Crippen molar-refractivity contribution in [2.45, 2.75) is 10.6 Å². The molecule has 1 heterocycles. The molecule has 6 nitrogen and oxygen atoms in total. The molecule has 2 N–H and O–H groups in total. The Labute approximate surface area is 173 Å². The number of thioether (sulfide) groups is 1. The number of para-hydroxylation sites is 1. The van der Waals surface area contributed by atoms with Crippen LogP contribution in [0.1, 0.15) is 26.7 Å². The molecule has 0 aliphatic carbocycles. The monoisotopic (exact) mass is 410 g/mol. The highest BCUT2D eigenvalue weighted by Gasteiger charge is 2.16. The molecule has 0 fully saturated rings. The second-order valence-electron chi connectivity index (χ2n) is 6.12. The van der Waals surface area contributed by atoms with Crippen molar-refractivity contribution < 1.29 is 18.7 Å². The Kier molecular flexibility index (Phi) is 7.49. The lowest BCUT2D eigenvalue weighted by Crippen LogP contribution is -2.28. The van der Waals surface area contributed by atoms with E-state index in [1.165, 1.54) is 0 Å². The lowest BCUT2D eigenvalue weighted by atomic mass is 10.1. The van der Waals surface area contributed by atoms with Gasteiger partial charge in [-0.15, -0.1) is 11.8 Å². The Morgan fingerprint density at radius 1 is 0.966 bits per heavy atom. The molecule has 0 spiro atoms. The maximum Gasteiger partial charge on any atom is 0.291 e. The molecular formula is C22H22N2O4S. The number of nitrogens with one attached hydrogen (secondary N) is 2. The Morgan fingerprint density at radius 2 is 1.72 bits per heavy atom. The largest absolute Gasteiger partial charge is 0.455 e. The highest BCUT2D eigenvalue weighted by Crippen LogP contribution is 2.24. The summed E-state index contributed by atoms with van der Waals surface area (Å²) >= 11 is 1.63. The number of furan rings is 1. The molecule has 150 valence electrons. The number of anilines is 1. The third kappa shape index (κ3) is 5.97. The van der Waals surface area contributed by atoms with Crippen molar-refractivity contribution in [3.63, 3.8) is 0 Å². The fourth-order valence-electron chi connectivity index (χ4n) is 2.58. The first-order valence-electron chi connectivity index (χ1n) is 9.11. The molecule has 1 aromatic heterocycles. The number of hydrogen-bond acceptors (Lipinski definition) is 5. The summed E-state index contributed by atoms with van der Waals surface area (Å²) in [5, 5.41) is 5.50. The van der Waals surface area contributed by atoms with Gasteiger partial charge in [-0.3, -0.25) is 9.59 Å². The standard InChI is InChI=1S/C22H22N2O4S/c1-27-14-13-23-21(25)18-9-5-6-10-19(18)24-22(26)20-12-11-16(28-20)15-29-17-7-3-2-4-8-17/h2-12H,13-15H2,1H3,(H,23,25)(H,24,26). The van der Waals surface area contributed by atoms with Crippen LogP contribution in [-0.2, 0) is 10.5 Å². The van der Waals surface area contributed by atoms with Gasteiger partial charge in [-0.05, 0) is 36.4 Å². The van der Waals surface area contributed by atoms with Crippen molar-refractivity contribution in [1.29, 1.82) is 0 Å². The molecule has 0 atom stereocenters. The van der Waals surface area contributed by atoms with Gasteiger partial charge in [0.25, 0.3) is 11.8 Å². The van der Waals surface area contributed by atoms with Crippen molar-refractivity contribution in [3.05, 3.63) is 83.8 Å². The van der Waals surface area contributed by atoms with E-state index >= 15 is 0 Å². The molecule has 0 radical (unpaired) electrons. The summed E-state index contributed by atoms with van der Waals surface area (Å²) in [5.74, 6) is 0.837. The molecule has 0 aliphatic rings. The number of benzene rings is 2. The van der Waals surface area contributed by atoms with E-state index in [4.69, 9.17) is 9.15 Å². The van der Waals surface area contributed by atoms with E-state index < -0.39 is 5.91 Å². The zero-order chi connectivity index (χ0) is 20.5. The predicted octanol–water partition coefficient (Wildman–Crippen LogP) is 4.20. The van der Waals surface area contributed by atoms with Gasteiger partial charge in [0, 0.05) is 18.6 Å². The first-order chi connectivity index (χ1) is 14.2. The van der Waals surface area contributed by atoms with Gasteiger partial charge >= 0.3 is 0 Å². The van der Waals surface area contributed by atoms with Gasteiger partial charge in [0.05, 0.1) is 23.6 Å². The number of carbonyl (C=O) groups is 2. The van der Waals surface area contributed by atoms with E-state index in [2.05, 4.69) is 10.6 Å². The average molecular weight is 410 g/mol. The van der Waals surface area contributed by atoms with Crippen LogP contribution in [0.25, 0.3) is 0 Å². The summed E-state index contributed by atoms with van der Waals surface area (Å²) in [7, 11) is 1.57. The molecule has 0 saturated carbocycles. The third-order valence-corrected chi connectivity index (χ3v) is 5.06. The summed E-state index contributed by atoms with van der Waals surface area (Å²) < 4.78 is 10.6. The van der Waals surface area contributed by atoms with Crippen LogP contribution in [0.3, 0.4) is 0 Å². The fourth-order valence-corrected chi connectivity index (χ4v) is 3.40. The smallest absolute Gasteiger partial charge is 0.291 e. The maximum atomic E-state index is 12.6. The Hall–Kier alpha value is -3.03. The van der Waals surface area contributed by atoms with Crippen LogP contribution in [0.4, 0.5) is 5.69 Å². The quantitative estimate of drug-likeness (QED) is 0.408. The van der Waals surface area contributed by atoms with E-state index in [9.17, 15) is 9.59 Å². The zero-order valence-electron chi connectivity index (χ0n) is 16.0. The lowest BCUT2D eigenvalue weighted by Gasteiger charge is -2.10. The summed E-state index contributed by atoms with van der Waals surface area (Å²) in [6, 6.07) is 20.2. The van der Waals surface area contributed by atoms with Crippen LogP contribution in [0.15, 0.2) is 76.0 Å². The van der Waals surface area contributed by atoms with Crippen LogP contribution in [0, 0.1) is 0 Å². The van der Waals surface area contributed by atoms with Gasteiger partial charge < -0.3 is 19.8 Å². The van der Waals surface area contributed by atoms with Crippen molar-refractivity contribution in [2.75, 3.05) is 25.6 Å². The molecule has 0 saturated heterocycles. The summed E-state index contributed by atoms with van der Waals surface area (Å²) in [5.41, 5.74) is 0.799. The number of rotatable bonds is 9. The SMILES string of the molecule is COCCNC(=O)c1ccccc1NC(=O)c1ccc(CSc2ccccc2)o1. The van der Waals surface area contributed by atoms with Crippen molar-refractivity contribution >= 4 is 29.3 Å². The van der Waals surface area contributed by atoms with Crippen molar-refractivity contribution in [1.82, 2.24) is 5.32 Å². The highest BCUT2D eigenvalue weighted by molar-refractivity contribution is 7.98. The second kappa shape index (κ2) is 10.5. The van der Waals surface area contributed by atoms with Gasteiger partial charge in [-0.25, -0.2) is 0 Å². The number of amides is 2. The zero-order valence-corrected chi connectivity index (χ0v) is 16.8. The minimum Gasteiger partial charge on any atom is -0.455 e. The van der Waals surface area contributed by atoms with E-state index in [0.29, 0.717) is 35.9 Å². The van der Waals surface area contributed by atoms with Gasteiger partial charge in [0.2, 0.25) is 0 Å². The number of hydrogen-bond donors (Lipinski definition) is 2. The van der Waals surface area contributed by atoms with Crippen LogP contribution in [-0.4, -0.2) is 32.1 Å². The molecule has 2 aromatic carbocycles. The Bertz CT molecular complexity index is 956. The minimum absolute atomic E-state index is 0.197. The Balaban J connectivity index is 1.62. The van der Waals surface area contributed by atoms with Crippen molar-refractivity contribution in [3.8, 4) is 0 Å². The first-order valence-corrected chi connectivity index (χ1v) is 10.1. The lowest BCUT2D eigenvalue weighted by molar-refractivity contribution is 0.0938. The van der Waals surface area contributed by atoms with Crippen LogP contribution >= 0.6 is 11.8 Å². The van der Waals surface area contributed by atoms with Crippen LogP contribution < -0.4 is 10.6 Å². The average Bonchev–Trinajstić information content (AvgIpc) is 3.23. The van der Waals surface area contributed by atoms with Gasteiger partial charge in [-0.1, -0.05) is 30.3 Å². The second-order valence-corrected chi connectivity index (χ2v) is 7.16. The number of methoxy groups -OCH3 is 1. The number of ether oxygens (including phenoxy) is 1. The maximum absolute atomic E-state index is 12.6. The van der Waals surface area contributed by atoms with Gasteiger partial charge in [-0.2, -0.15) is 0 Å². The summed E-state index contributed by atoms with van der Waals surface area (Å²) in [4.78, 5) is 26.0. The van der Waals surface area contributed by atoms with Crippen LogP contribution in [0.2, 0.25) is 0 Å². The summed E-state index contributed by atoms with van der Waals surface area (Å²) in [6.45, 7) is 0.800. The fraction of sp³-hybridized carbons (Fsp3) is 0.182. The molecule has 0 aliphatic heterocycles. The first kappa shape index (κ1) is 20.7. The molecule has 29 heavy (non-hydrogen) atoms. The number of carbonyl (C=O) groups excluding carboxylic acids is 2. The molecular weight excluding hydrogens is 388 g/mol. The topological polar surface area (TPSA) is 80.6 Å². The van der Waals surface area contributed by atoms with Crippen LogP contribution in [0.5, 0.6) is 0 Å². The van der Waals surface area contributed by atoms with Gasteiger partial charge in [0.1, 0.15) is 5.76 Å². The van der Waals surface area contributed by atoms with E-state index in [-0.39, 0.29) is 11.7 Å². The van der Waals surface area contributed by atoms with E-state index in [0.717, 1.165) is 4.90 Å². The summed E-state index contributed by atoms with van der Waals surface area (Å²) in [6.07, 6.45) is 0. The van der Waals surface area contributed by atoms with E-state index in [1.807, 2.05) is 30.3 Å². The molecule has 7 heteroatoms. The Morgan fingerprint density at radius 3 is 2.52 bits per heavy atom. The molecule has 3 aromatic rings. The predicted molar refractivity (Wildman–Crippen MR) is 113 cm³/mol. The minimum atomic E-state index is -0.405. The molecule has 0 bridgehead atoms. The molecule has 3 rings (SSSR count). The van der Waals surface area contributed by atoms with Gasteiger partial charge in [0.15, 0.2) is 5.76 Å². The third-order valence-electron chi connectivity index (χ3n) is 4.02. The van der Waals surface area contributed by atoms with Crippen molar-refractivity contribution in [2.24, 2.45) is 0 Å². The normalized spacial score (nSPS) is 10.5.